The Kier molecular flexibility index (Phi) is 6.55. The van der Waals surface area contributed by atoms with Crippen molar-refractivity contribution >= 4 is 23.4 Å². The summed E-state index contributed by atoms with van der Waals surface area (Å²) in [5.41, 5.74) is 4.75. The van der Waals surface area contributed by atoms with E-state index < -0.39 is 5.92 Å². The number of benzene rings is 1. The van der Waals surface area contributed by atoms with Crippen LogP contribution in [0.2, 0.25) is 5.02 Å². The Morgan fingerprint density at radius 1 is 1.06 bits per heavy atom. The lowest BCUT2D eigenvalue weighted by Gasteiger charge is -2.37. The molecule has 2 heterocycles. The first-order chi connectivity index (χ1) is 16.5. The van der Waals surface area contributed by atoms with Crippen LogP contribution in [0, 0.1) is 0 Å². The second kappa shape index (κ2) is 9.75. The fraction of sp³-hybridized carbons (Fsp3) is 0.393. The van der Waals surface area contributed by atoms with Gasteiger partial charge in [-0.05, 0) is 74.3 Å². The zero-order valence-electron chi connectivity index (χ0n) is 19.4. The van der Waals surface area contributed by atoms with Crippen LogP contribution in [0.15, 0.2) is 71.3 Å². The van der Waals surface area contributed by atoms with E-state index in [1.807, 2.05) is 43.3 Å². The maximum atomic E-state index is 13.6. The van der Waals surface area contributed by atoms with Gasteiger partial charge in [-0.1, -0.05) is 36.2 Å². The summed E-state index contributed by atoms with van der Waals surface area (Å²) in [5.74, 6) is -0.684. The molecule has 5 rings (SSSR count). The molecule has 1 aliphatic heterocycles. The number of nitrogens with one attached hydrogen (secondary N) is 1. The minimum absolute atomic E-state index is 0.0529. The number of dihydropyridines is 1. The number of pyridine rings is 1. The summed E-state index contributed by atoms with van der Waals surface area (Å²) in [7, 11) is 0. The van der Waals surface area contributed by atoms with Crippen LogP contribution in [-0.2, 0) is 14.3 Å². The van der Waals surface area contributed by atoms with Gasteiger partial charge in [0.2, 0.25) is 0 Å². The predicted octanol–water partition coefficient (Wildman–Crippen LogP) is 5.97. The molecule has 34 heavy (non-hydrogen) atoms. The van der Waals surface area contributed by atoms with Crippen LogP contribution in [0.4, 0.5) is 0 Å². The first-order valence-corrected chi connectivity index (χ1v) is 12.5. The smallest absolute Gasteiger partial charge is 0.337 e. The van der Waals surface area contributed by atoms with Crippen LogP contribution in [0.1, 0.15) is 74.8 Å². The molecular formula is C28H29ClN2O3. The van der Waals surface area contributed by atoms with E-state index in [0.717, 1.165) is 48.2 Å². The first kappa shape index (κ1) is 22.9. The van der Waals surface area contributed by atoms with Crippen LogP contribution < -0.4 is 5.32 Å². The second-order valence-electron chi connectivity index (χ2n) is 9.52. The number of aromatic nitrogens is 1. The van der Waals surface area contributed by atoms with Crippen molar-refractivity contribution in [2.75, 3.05) is 0 Å². The van der Waals surface area contributed by atoms with E-state index in [-0.39, 0.29) is 23.8 Å². The molecule has 1 fully saturated rings. The number of nitrogens with zero attached hydrogens (tertiary/aromatic N) is 1. The van der Waals surface area contributed by atoms with E-state index in [9.17, 15) is 9.59 Å². The summed E-state index contributed by atoms with van der Waals surface area (Å²) in [6.07, 6.45) is 9.65. The fourth-order valence-electron chi connectivity index (χ4n) is 5.56. The third-order valence-electron chi connectivity index (χ3n) is 7.23. The summed E-state index contributed by atoms with van der Waals surface area (Å²) in [4.78, 5) is 31.4. The fourth-order valence-corrected chi connectivity index (χ4v) is 5.68. The van der Waals surface area contributed by atoms with E-state index in [1.165, 1.54) is 6.42 Å². The predicted molar refractivity (Wildman–Crippen MR) is 131 cm³/mol. The lowest BCUT2D eigenvalue weighted by atomic mass is 9.72. The van der Waals surface area contributed by atoms with Crippen LogP contribution in [-0.4, -0.2) is 22.8 Å². The van der Waals surface area contributed by atoms with E-state index >= 15 is 0 Å². The second-order valence-corrected chi connectivity index (χ2v) is 9.96. The third-order valence-corrected chi connectivity index (χ3v) is 7.48. The molecule has 0 spiro atoms. The van der Waals surface area contributed by atoms with Crippen molar-refractivity contribution in [2.45, 2.75) is 69.8 Å². The number of hydrogen-bond acceptors (Lipinski definition) is 5. The van der Waals surface area contributed by atoms with Gasteiger partial charge >= 0.3 is 5.97 Å². The number of Topliss-reactive ketones (excluding diaryl/α,β-unsaturated/α-hetero) is 1. The molecule has 0 amide bonds. The van der Waals surface area contributed by atoms with E-state index in [2.05, 4.69) is 10.3 Å². The van der Waals surface area contributed by atoms with Gasteiger partial charge in [0.25, 0.3) is 0 Å². The summed E-state index contributed by atoms with van der Waals surface area (Å²) >= 11 is 6.07. The molecule has 2 atom stereocenters. The normalized spacial score (nSPS) is 23.4. The van der Waals surface area contributed by atoms with Crippen molar-refractivity contribution in [3.63, 3.8) is 0 Å². The maximum absolute atomic E-state index is 13.6. The molecule has 5 nitrogen and oxygen atoms in total. The summed E-state index contributed by atoms with van der Waals surface area (Å²) in [6, 6.07) is 11.5. The molecule has 176 valence electrons. The molecule has 1 saturated carbocycles. The monoisotopic (exact) mass is 476 g/mol. The topological polar surface area (TPSA) is 68.3 Å². The summed E-state index contributed by atoms with van der Waals surface area (Å²) < 4.78 is 5.97. The summed E-state index contributed by atoms with van der Waals surface area (Å²) in [6.45, 7) is 1.90. The SMILES string of the molecule is CC1=C(C(=O)OC2CCCCC2)[C@H](c2cccnc2)C2=C(C[C@@H](c3ccc(Cl)cc3)CC2=O)N1. The molecule has 0 bridgehead atoms. The Balaban J connectivity index is 1.50. The third kappa shape index (κ3) is 4.54. The number of halogens is 1. The van der Waals surface area contributed by atoms with Crippen molar-refractivity contribution in [3.05, 3.63) is 87.5 Å². The Labute approximate surface area is 205 Å². The van der Waals surface area contributed by atoms with Crippen molar-refractivity contribution in [1.82, 2.24) is 10.3 Å². The van der Waals surface area contributed by atoms with Crippen LogP contribution in [0.3, 0.4) is 0 Å². The van der Waals surface area contributed by atoms with Gasteiger partial charge in [-0.25, -0.2) is 4.79 Å². The number of carbonyl (C=O) groups is 2. The minimum atomic E-state index is -0.472. The average Bonchev–Trinajstić information content (AvgIpc) is 2.84. The molecule has 0 radical (unpaired) electrons. The van der Waals surface area contributed by atoms with Gasteiger partial charge in [-0.3, -0.25) is 9.78 Å². The molecular weight excluding hydrogens is 448 g/mol. The first-order valence-electron chi connectivity index (χ1n) is 12.1. The number of ether oxygens (including phenoxy) is 1. The minimum Gasteiger partial charge on any atom is -0.459 e. The van der Waals surface area contributed by atoms with Crippen molar-refractivity contribution in [1.29, 1.82) is 0 Å². The van der Waals surface area contributed by atoms with Crippen LogP contribution >= 0.6 is 11.6 Å². The highest BCUT2D eigenvalue weighted by atomic mass is 35.5. The van der Waals surface area contributed by atoms with Crippen molar-refractivity contribution in [3.8, 4) is 0 Å². The van der Waals surface area contributed by atoms with Crippen LogP contribution in [0.25, 0.3) is 0 Å². The van der Waals surface area contributed by atoms with E-state index in [1.54, 1.807) is 12.4 Å². The van der Waals surface area contributed by atoms with Crippen LogP contribution in [0.5, 0.6) is 0 Å². The van der Waals surface area contributed by atoms with Gasteiger partial charge in [0.05, 0.1) is 5.57 Å². The lowest BCUT2D eigenvalue weighted by Crippen LogP contribution is -2.37. The highest BCUT2D eigenvalue weighted by Crippen LogP contribution is 2.45. The van der Waals surface area contributed by atoms with E-state index in [4.69, 9.17) is 16.3 Å². The molecule has 0 saturated heterocycles. The standard InChI is InChI=1S/C28H29ClN2O3/c1-17-25(28(33)34-22-7-3-2-4-8-22)26(19-6-5-13-30-16-19)27-23(31-17)14-20(15-24(27)32)18-9-11-21(29)12-10-18/h5-6,9-13,16,20,22,26,31H,2-4,7-8,14-15H2,1H3/t20-,26+/m1/s1. The number of ketones is 1. The number of hydrogen-bond donors (Lipinski definition) is 1. The van der Waals surface area contributed by atoms with Crippen molar-refractivity contribution in [2.24, 2.45) is 0 Å². The number of rotatable bonds is 4. The highest BCUT2D eigenvalue weighted by Gasteiger charge is 2.42. The number of allylic oxidation sites excluding steroid dienone is 3. The molecule has 2 aliphatic carbocycles. The Bertz CT molecular complexity index is 1150. The molecule has 3 aliphatic rings. The summed E-state index contributed by atoms with van der Waals surface area (Å²) in [5, 5.41) is 4.10. The number of esters is 1. The van der Waals surface area contributed by atoms with Gasteiger partial charge in [-0.15, -0.1) is 0 Å². The Hall–Kier alpha value is -2.92. The zero-order chi connectivity index (χ0) is 23.7. The van der Waals surface area contributed by atoms with Gasteiger partial charge in [0, 0.05) is 46.7 Å². The van der Waals surface area contributed by atoms with Gasteiger partial charge in [0.15, 0.2) is 5.78 Å². The molecule has 1 aromatic heterocycles. The number of carbonyl (C=O) groups excluding carboxylic acids is 2. The largest absolute Gasteiger partial charge is 0.459 e. The molecule has 1 aromatic carbocycles. The quantitative estimate of drug-likeness (QED) is 0.550. The Morgan fingerprint density at radius 2 is 1.82 bits per heavy atom. The molecule has 2 aromatic rings. The average molecular weight is 477 g/mol. The molecule has 0 unspecified atom stereocenters. The maximum Gasteiger partial charge on any atom is 0.337 e. The Morgan fingerprint density at radius 3 is 2.53 bits per heavy atom. The zero-order valence-corrected chi connectivity index (χ0v) is 20.1. The van der Waals surface area contributed by atoms with Crippen molar-refractivity contribution < 1.29 is 14.3 Å². The molecule has 6 heteroatoms. The highest BCUT2D eigenvalue weighted by molar-refractivity contribution is 6.30. The van der Waals surface area contributed by atoms with Gasteiger partial charge in [-0.2, -0.15) is 0 Å². The lowest BCUT2D eigenvalue weighted by molar-refractivity contribution is -0.146. The van der Waals surface area contributed by atoms with E-state index in [0.29, 0.717) is 29.0 Å². The van der Waals surface area contributed by atoms with Gasteiger partial charge in [0.1, 0.15) is 6.10 Å². The molecule has 1 N–H and O–H groups in total. The van der Waals surface area contributed by atoms with Gasteiger partial charge < -0.3 is 10.1 Å².